The van der Waals surface area contributed by atoms with Crippen LogP contribution in [0.15, 0.2) is 48.7 Å². The second-order valence-electron chi connectivity index (χ2n) is 6.19. The van der Waals surface area contributed by atoms with Crippen LogP contribution >= 0.6 is 0 Å². The van der Waals surface area contributed by atoms with Crippen LogP contribution in [0.25, 0.3) is 11.1 Å². The fourth-order valence-corrected chi connectivity index (χ4v) is 2.89. The summed E-state index contributed by atoms with van der Waals surface area (Å²) in [5.41, 5.74) is 15.4. The van der Waals surface area contributed by atoms with E-state index in [1.54, 1.807) is 13.3 Å². The minimum Gasteiger partial charge on any atom is -0.496 e. The summed E-state index contributed by atoms with van der Waals surface area (Å²) in [5, 5.41) is 0. The molecule has 2 aromatic carbocycles. The predicted molar refractivity (Wildman–Crippen MR) is 108 cm³/mol. The lowest BCUT2D eigenvalue weighted by Gasteiger charge is -2.15. The minimum atomic E-state index is 0.174. The monoisotopic (exact) mass is 364 g/mol. The highest BCUT2D eigenvalue weighted by Gasteiger charge is 2.13. The molecule has 0 spiro atoms. The Balaban J connectivity index is 1.93. The van der Waals surface area contributed by atoms with Crippen molar-refractivity contribution >= 4 is 11.8 Å². The average molecular weight is 364 g/mol. The van der Waals surface area contributed by atoms with E-state index in [2.05, 4.69) is 16.9 Å². The highest BCUT2D eigenvalue weighted by Crippen LogP contribution is 2.37. The van der Waals surface area contributed by atoms with Gasteiger partial charge in [-0.05, 0) is 24.1 Å². The summed E-state index contributed by atoms with van der Waals surface area (Å²) in [6, 6.07) is 14.1. The van der Waals surface area contributed by atoms with E-state index in [1.165, 1.54) is 0 Å². The highest BCUT2D eigenvalue weighted by molar-refractivity contribution is 5.76. The molecule has 1 aromatic heterocycles. The molecule has 0 unspecified atom stereocenters. The first-order chi connectivity index (χ1) is 13.1. The molecule has 0 bridgehead atoms. The second kappa shape index (κ2) is 8.40. The lowest BCUT2D eigenvalue weighted by atomic mass is 9.99. The largest absolute Gasteiger partial charge is 0.496 e. The maximum absolute atomic E-state index is 5.95. The number of hydrogen-bond acceptors (Lipinski definition) is 6. The number of para-hydroxylation sites is 1. The van der Waals surface area contributed by atoms with Gasteiger partial charge >= 0.3 is 0 Å². The molecule has 0 aliphatic heterocycles. The topological polar surface area (TPSA) is 96.3 Å². The van der Waals surface area contributed by atoms with Crippen LogP contribution in [0.4, 0.5) is 11.8 Å². The number of rotatable bonds is 7. The summed E-state index contributed by atoms with van der Waals surface area (Å²) in [6.45, 7) is 2.76. The zero-order chi connectivity index (χ0) is 19.2. The van der Waals surface area contributed by atoms with E-state index in [1.807, 2.05) is 42.5 Å². The second-order valence-corrected chi connectivity index (χ2v) is 6.19. The first-order valence-electron chi connectivity index (χ1n) is 8.88. The first-order valence-corrected chi connectivity index (χ1v) is 8.88. The Labute approximate surface area is 159 Å². The van der Waals surface area contributed by atoms with Crippen molar-refractivity contribution in [1.82, 2.24) is 9.97 Å². The van der Waals surface area contributed by atoms with E-state index in [4.69, 9.17) is 20.9 Å². The Morgan fingerprint density at radius 1 is 1.00 bits per heavy atom. The number of aromatic nitrogens is 2. The SMILES string of the molecule is CCCOc1ccccc1-c1ccc(Cc2cnc(N)nc2N)cc1OC. The van der Waals surface area contributed by atoms with Crippen molar-refractivity contribution in [2.75, 3.05) is 25.2 Å². The molecule has 140 valence electrons. The summed E-state index contributed by atoms with van der Waals surface area (Å²) in [5.74, 6) is 2.19. The van der Waals surface area contributed by atoms with Gasteiger partial charge in [-0.15, -0.1) is 0 Å². The van der Waals surface area contributed by atoms with E-state index >= 15 is 0 Å². The molecule has 0 amide bonds. The average Bonchev–Trinajstić information content (AvgIpc) is 2.68. The molecule has 3 rings (SSSR count). The zero-order valence-electron chi connectivity index (χ0n) is 15.6. The van der Waals surface area contributed by atoms with E-state index in [0.717, 1.165) is 40.2 Å². The molecule has 6 nitrogen and oxygen atoms in total. The fraction of sp³-hybridized carbons (Fsp3) is 0.238. The lowest BCUT2D eigenvalue weighted by Crippen LogP contribution is -2.04. The van der Waals surface area contributed by atoms with Gasteiger partial charge in [-0.3, -0.25) is 0 Å². The number of benzene rings is 2. The van der Waals surface area contributed by atoms with Crippen molar-refractivity contribution < 1.29 is 9.47 Å². The quantitative estimate of drug-likeness (QED) is 0.664. The van der Waals surface area contributed by atoms with E-state index in [9.17, 15) is 0 Å². The van der Waals surface area contributed by atoms with Crippen LogP contribution in [0, 0.1) is 0 Å². The molecule has 0 fully saturated rings. The fourth-order valence-electron chi connectivity index (χ4n) is 2.89. The molecule has 6 heteroatoms. The Kier molecular flexibility index (Phi) is 5.76. The molecule has 27 heavy (non-hydrogen) atoms. The summed E-state index contributed by atoms with van der Waals surface area (Å²) in [4.78, 5) is 8.04. The van der Waals surface area contributed by atoms with E-state index in [0.29, 0.717) is 18.8 Å². The van der Waals surface area contributed by atoms with Gasteiger partial charge in [-0.2, -0.15) is 4.98 Å². The van der Waals surface area contributed by atoms with Gasteiger partial charge in [0.05, 0.1) is 13.7 Å². The first kappa shape index (κ1) is 18.5. The van der Waals surface area contributed by atoms with Crippen LogP contribution in [-0.2, 0) is 6.42 Å². The maximum atomic E-state index is 5.95. The third-order valence-electron chi connectivity index (χ3n) is 4.22. The van der Waals surface area contributed by atoms with Gasteiger partial charge in [0.1, 0.15) is 17.3 Å². The molecule has 3 aromatic rings. The van der Waals surface area contributed by atoms with Crippen LogP contribution in [-0.4, -0.2) is 23.7 Å². The third kappa shape index (κ3) is 4.28. The van der Waals surface area contributed by atoms with Crippen molar-refractivity contribution in [1.29, 1.82) is 0 Å². The standard InChI is InChI=1S/C21H24N4O2/c1-3-10-27-18-7-5-4-6-16(18)17-9-8-14(12-19(17)26-2)11-15-13-24-21(23)25-20(15)22/h4-9,12-13H,3,10-11H2,1-2H3,(H4,22,23,24,25). The number of hydrogen-bond donors (Lipinski definition) is 2. The van der Waals surface area contributed by atoms with Crippen molar-refractivity contribution in [3.8, 4) is 22.6 Å². The van der Waals surface area contributed by atoms with Crippen molar-refractivity contribution in [2.45, 2.75) is 19.8 Å². The van der Waals surface area contributed by atoms with Crippen LogP contribution < -0.4 is 20.9 Å². The van der Waals surface area contributed by atoms with Gasteiger partial charge in [-0.25, -0.2) is 4.98 Å². The third-order valence-corrected chi connectivity index (χ3v) is 4.22. The van der Waals surface area contributed by atoms with Gasteiger partial charge in [0, 0.05) is 29.3 Å². The molecular formula is C21H24N4O2. The summed E-state index contributed by atoms with van der Waals surface area (Å²) in [7, 11) is 1.67. The zero-order valence-corrected chi connectivity index (χ0v) is 15.6. The van der Waals surface area contributed by atoms with Gasteiger partial charge in [0.25, 0.3) is 0 Å². The minimum absolute atomic E-state index is 0.174. The number of nitrogens with zero attached hydrogens (tertiary/aromatic N) is 2. The number of ether oxygens (including phenoxy) is 2. The maximum Gasteiger partial charge on any atom is 0.221 e. The van der Waals surface area contributed by atoms with Crippen molar-refractivity contribution in [3.63, 3.8) is 0 Å². The molecule has 1 heterocycles. The van der Waals surface area contributed by atoms with Gasteiger partial charge < -0.3 is 20.9 Å². The van der Waals surface area contributed by atoms with Crippen LogP contribution in [0.5, 0.6) is 11.5 Å². The molecule has 0 aliphatic carbocycles. The van der Waals surface area contributed by atoms with Crippen LogP contribution in [0.1, 0.15) is 24.5 Å². The Morgan fingerprint density at radius 2 is 1.78 bits per heavy atom. The molecule has 0 saturated carbocycles. The van der Waals surface area contributed by atoms with Crippen LogP contribution in [0.2, 0.25) is 0 Å². The van der Waals surface area contributed by atoms with Gasteiger partial charge in [0.15, 0.2) is 0 Å². The predicted octanol–water partition coefficient (Wildman–Crippen LogP) is 3.70. The van der Waals surface area contributed by atoms with Crippen LogP contribution in [0.3, 0.4) is 0 Å². The molecule has 0 aliphatic rings. The molecular weight excluding hydrogens is 340 g/mol. The molecule has 4 N–H and O–H groups in total. The van der Waals surface area contributed by atoms with E-state index in [-0.39, 0.29) is 5.95 Å². The summed E-state index contributed by atoms with van der Waals surface area (Å²) >= 11 is 0. The Bertz CT molecular complexity index is 928. The number of nitrogens with two attached hydrogens (primary N) is 2. The molecule has 0 radical (unpaired) electrons. The van der Waals surface area contributed by atoms with Crippen molar-refractivity contribution in [3.05, 3.63) is 59.8 Å². The normalized spacial score (nSPS) is 10.6. The molecule has 0 atom stereocenters. The van der Waals surface area contributed by atoms with Crippen molar-refractivity contribution in [2.24, 2.45) is 0 Å². The number of methoxy groups -OCH3 is 1. The summed E-state index contributed by atoms with van der Waals surface area (Å²) in [6.07, 6.45) is 3.21. The Hall–Kier alpha value is -3.28. The summed E-state index contributed by atoms with van der Waals surface area (Å²) < 4.78 is 11.5. The highest BCUT2D eigenvalue weighted by atomic mass is 16.5. The van der Waals surface area contributed by atoms with Gasteiger partial charge in [0.2, 0.25) is 5.95 Å². The Morgan fingerprint density at radius 3 is 2.52 bits per heavy atom. The smallest absolute Gasteiger partial charge is 0.221 e. The lowest BCUT2D eigenvalue weighted by molar-refractivity contribution is 0.318. The molecule has 0 saturated heterocycles. The number of nitrogen functional groups attached to an aromatic ring is 2. The van der Waals surface area contributed by atoms with E-state index < -0.39 is 0 Å². The van der Waals surface area contributed by atoms with Gasteiger partial charge in [-0.1, -0.05) is 37.3 Å². The number of anilines is 2.